The average Bonchev–Trinajstić information content (AvgIpc) is 2.40. The van der Waals surface area contributed by atoms with Gasteiger partial charge in [0.25, 0.3) is 5.91 Å². The van der Waals surface area contributed by atoms with E-state index < -0.39 is 0 Å². The molecule has 0 bridgehead atoms. The van der Waals surface area contributed by atoms with Gasteiger partial charge < -0.3 is 5.32 Å². The van der Waals surface area contributed by atoms with E-state index in [4.69, 9.17) is 0 Å². The number of hydrogen-bond acceptors (Lipinski definition) is 3. The molecule has 2 N–H and O–H groups in total. The topological polar surface area (TPSA) is 58.2 Å². The number of carbonyl (C=O) groups is 2. The van der Waals surface area contributed by atoms with Crippen LogP contribution in [0.3, 0.4) is 0 Å². The zero-order valence-electron chi connectivity index (χ0n) is 10.1. The van der Waals surface area contributed by atoms with Crippen LogP contribution in [0.15, 0.2) is 48.5 Å². The fourth-order valence-corrected chi connectivity index (χ4v) is 2.12. The van der Waals surface area contributed by atoms with Crippen LogP contribution in [0.2, 0.25) is 0 Å². The van der Waals surface area contributed by atoms with Gasteiger partial charge >= 0.3 is 0 Å². The third-order valence-corrected chi connectivity index (χ3v) is 3.02. The number of nitrogens with one attached hydrogen (secondary N) is 2. The molecule has 0 aliphatic carbocycles. The quantitative estimate of drug-likeness (QED) is 0.806. The van der Waals surface area contributed by atoms with Crippen LogP contribution in [-0.4, -0.2) is 11.8 Å². The summed E-state index contributed by atoms with van der Waals surface area (Å²) in [5.41, 5.74) is 3.11. The molecule has 0 spiro atoms. The zero-order chi connectivity index (χ0) is 13.2. The molecule has 0 fully saturated rings. The Hall–Kier alpha value is -2.62. The van der Waals surface area contributed by atoms with Crippen LogP contribution in [-0.2, 0) is 11.2 Å². The molecule has 3 rings (SSSR count). The van der Waals surface area contributed by atoms with Gasteiger partial charge in [0.15, 0.2) is 0 Å². The van der Waals surface area contributed by atoms with E-state index in [-0.39, 0.29) is 18.2 Å². The van der Waals surface area contributed by atoms with E-state index in [1.807, 2.05) is 42.5 Å². The van der Waals surface area contributed by atoms with Crippen molar-refractivity contribution in [1.29, 1.82) is 0 Å². The van der Waals surface area contributed by atoms with E-state index in [1.54, 1.807) is 6.07 Å². The van der Waals surface area contributed by atoms with Gasteiger partial charge in [-0.2, -0.15) is 0 Å². The van der Waals surface area contributed by atoms with Gasteiger partial charge in [-0.25, -0.2) is 0 Å². The first-order chi connectivity index (χ1) is 9.22. The fraction of sp³-hybridized carbons (Fsp3) is 0.0667. The van der Waals surface area contributed by atoms with Crippen LogP contribution in [0.4, 0.5) is 11.4 Å². The number of carbonyl (C=O) groups excluding carboxylic acids is 2. The zero-order valence-corrected chi connectivity index (χ0v) is 10.1. The molecular formula is C15H12N2O2. The van der Waals surface area contributed by atoms with Crippen LogP contribution in [0.1, 0.15) is 15.9 Å². The summed E-state index contributed by atoms with van der Waals surface area (Å²) in [4.78, 5) is 23.0. The molecule has 4 heteroatoms. The highest BCUT2D eigenvalue weighted by Gasteiger charge is 2.22. The highest BCUT2D eigenvalue weighted by atomic mass is 16.2. The minimum Gasteiger partial charge on any atom is -0.356 e. The molecule has 0 atom stereocenters. The Bertz CT molecular complexity index is 650. The van der Waals surface area contributed by atoms with Gasteiger partial charge in [0, 0.05) is 16.9 Å². The lowest BCUT2D eigenvalue weighted by atomic mass is 9.99. The van der Waals surface area contributed by atoms with Gasteiger partial charge in [0.2, 0.25) is 5.91 Å². The Morgan fingerprint density at radius 3 is 2.53 bits per heavy atom. The Morgan fingerprint density at radius 1 is 0.947 bits per heavy atom. The fourth-order valence-electron chi connectivity index (χ4n) is 2.12. The summed E-state index contributed by atoms with van der Waals surface area (Å²) >= 11 is 0. The molecule has 0 saturated carbocycles. The molecule has 0 saturated heterocycles. The predicted octanol–water partition coefficient (Wildman–Crippen LogP) is 2.24. The summed E-state index contributed by atoms with van der Waals surface area (Å²) in [6.45, 7) is 0. The standard InChI is InChI=1S/C15H12N2O2/c18-14-8-10-6-7-12(9-13(10)15(19)17-14)16-11-4-2-1-3-5-11/h1-7,9,16H,8H2,(H,17,18,19). The maximum atomic E-state index is 11.7. The molecule has 2 amide bonds. The lowest BCUT2D eigenvalue weighted by Crippen LogP contribution is -2.37. The minimum atomic E-state index is -0.331. The Labute approximate surface area is 110 Å². The largest absolute Gasteiger partial charge is 0.356 e. The van der Waals surface area contributed by atoms with Gasteiger partial charge in [-0.1, -0.05) is 24.3 Å². The van der Waals surface area contributed by atoms with Crippen molar-refractivity contribution in [3.8, 4) is 0 Å². The molecule has 2 aromatic rings. The minimum absolute atomic E-state index is 0.249. The van der Waals surface area contributed by atoms with Crippen molar-refractivity contribution >= 4 is 23.2 Å². The highest BCUT2D eigenvalue weighted by molar-refractivity contribution is 6.10. The van der Waals surface area contributed by atoms with Crippen molar-refractivity contribution in [1.82, 2.24) is 5.32 Å². The number of benzene rings is 2. The maximum Gasteiger partial charge on any atom is 0.258 e. The van der Waals surface area contributed by atoms with Crippen LogP contribution >= 0.6 is 0 Å². The molecule has 0 unspecified atom stereocenters. The number of rotatable bonds is 2. The van der Waals surface area contributed by atoms with E-state index in [0.29, 0.717) is 5.56 Å². The highest BCUT2D eigenvalue weighted by Crippen LogP contribution is 2.22. The van der Waals surface area contributed by atoms with E-state index in [2.05, 4.69) is 10.6 Å². The first kappa shape index (κ1) is 11.5. The lowest BCUT2D eigenvalue weighted by molar-refractivity contribution is -0.119. The normalized spacial score (nSPS) is 13.7. The third-order valence-electron chi connectivity index (χ3n) is 3.02. The third kappa shape index (κ3) is 2.33. The van der Waals surface area contributed by atoms with Crippen LogP contribution in [0.25, 0.3) is 0 Å². The number of fused-ring (bicyclic) bond motifs is 1. The van der Waals surface area contributed by atoms with Crippen molar-refractivity contribution in [2.24, 2.45) is 0 Å². The molecule has 0 aromatic heterocycles. The summed E-state index contributed by atoms with van der Waals surface area (Å²) < 4.78 is 0. The summed E-state index contributed by atoms with van der Waals surface area (Å²) in [6, 6.07) is 15.2. The second-order valence-electron chi connectivity index (χ2n) is 4.42. The molecule has 1 heterocycles. The van der Waals surface area contributed by atoms with Crippen molar-refractivity contribution in [3.63, 3.8) is 0 Å². The molecule has 4 nitrogen and oxygen atoms in total. The number of imide groups is 1. The van der Waals surface area contributed by atoms with Crippen LogP contribution in [0.5, 0.6) is 0 Å². The first-order valence-electron chi connectivity index (χ1n) is 6.01. The van der Waals surface area contributed by atoms with Crippen LogP contribution in [0, 0.1) is 0 Å². The monoisotopic (exact) mass is 252 g/mol. The van der Waals surface area contributed by atoms with Crippen molar-refractivity contribution in [2.75, 3.05) is 5.32 Å². The van der Waals surface area contributed by atoms with Gasteiger partial charge in [-0.15, -0.1) is 0 Å². The Morgan fingerprint density at radius 2 is 1.74 bits per heavy atom. The number of hydrogen-bond donors (Lipinski definition) is 2. The maximum absolute atomic E-state index is 11.7. The number of amides is 2. The average molecular weight is 252 g/mol. The number of anilines is 2. The van der Waals surface area contributed by atoms with Gasteiger partial charge in [0.05, 0.1) is 6.42 Å². The summed E-state index contributed by atoms with van der Waals surface area (Å²) in [6.07, 6.45) is 0.257. The first-order valence-corrected chi connectivity index (χ1v) is 6.01. The Kier molecular flexibility index (Phi) is 2.76. The lowest BCUT2D eigenvalue weighted by Gasteiger charge is -2.16. The van der Waals surface area contributed by atoms with Crippen molar-refractivity contribution < 1.29 is 9.59 Å². The number of para-hydroxylation sites is 1. The summed E-state index contributed by atoms with van der Waals surface area (Å²) in [5.74, 6) is -0.579. The predicted molar refractivity (Wildman–Crippen MR) is 72.3 cm³/mol. The molecule has 94 valence electrons. The van der Waals surface area contributed by atoms with Crippen molar-refractivity contribution in [2.45, 2.75) is 6.42 Å². The summed E-state index contributed by atoms with van der Waals surface area (Å²) in [5, 5.41) is 5.54. The van der Waals surface area contributed by atoms with E-state index in [0.717, 1.165) is 16.9 Å². The van der Waals surface area contributed by atoms with Gasteiger partial charge in [-0.3, -0.25) is 14.9 Å². The SMILES string of the molecule is O=C1Cc2ccc(Nc3ccccc3)cc2C(=O)N1. The molecule has 1 aliphatic heterocycles. The second kappa shape index (κ2) is 4.57. The second-order valence-corrected chi connectivity index (χ2v) is 4.42. The molecule has 1 aliphatic rings. The molecule has 2 aromatic carbocycles. The van der Waals surface area contributed by atoms with Crippen molar-refractivity contribution in [3.05, 3.63) is 59.7 Å². The molecule has 0 radical (unpaired) electrons. The van der Waals surface area contributed by atoms with Crippen LogP contribution < -0.4 is 10.6 Å². The van der Waals surface area contributed by atoms with E-state index >= 15 is 0 Å². The molecule has 19 heavy (non-hydrogen) atoms. The Balaban J connectivity index is 1.91. The van der Waals surface area contributed by atoms with Gasteiger partial charge in [0.1, 0.15) is 0 Å². The molecular weight excluding hydrogens is 240 g/mol. The van der Waals surface area contributed by atoms with E-state index in [9.17, 15) is 9.59 Å². The van der Waals surface area contributed by atoms with Gasteiger partial charge in [-0.05, 0) is 29.8 Å². The summed E-state index contributed by atoms with van der Waals surface area (Å²) in [7, 11) is 0. The smallest absolute Gasteiger partial charge is 0.258 e. The van der Waals surface area contributed by atoms with E-state index in [1.165, 1.54) is 0 Å².